The fourth-order valence-corrected chi connectivity index (χ4v) is 4.48. The van der Waals surface area contributed by atoms with Gasteiger partial charge in [-0.15, -0.1) is 0 Å². The first-order valence-corrected chi connectivity index (χ1v) is 19.9. The Balaban J connectivity index is 3.08. The number of carbonyl (C=O) groups is 1. The SMILES string of the molecule is CCCCCCC(=O)OCCOCCOCCOCCOCCOCCOCCOCCOCCOCCOCCOCCCCCCI. The third kappa shape index (κ3) is 45.7. The Hall–Kier alpha value is -0.240. The van der Waals surface area contributed by atoms with Crippen LogP contribution < -0.4 is 0 Å². The van der Waals surface area contributed by atoms with Gasteiger partial charge in [0, 0.05) is 13.0 Å². The number of halogens is 1. The van der Waals surface area contributed by atoms with Gasteiger partial charge in [-0.1, -0.05) is 61.6 Å². The van der Waals surface area contributed by atoms with E-state index in [9.17, 15) is 4.79 Å². The summed E-state index contributed by atoms with van der Waals surface area (Å²) in [6.45, 7) is 14.0. The van der Waals surface area contributed by atoms with Gasteiger partial charge in [0.05, 0.1) is 139 Å². The number of hydrogen-bond donors (Lipinski definition) is 0. The first-order valence-electron chi connectivity index (χ1n) is 18.4. The summed E-state index contributed by atoms with van der Waals surface area (Å²) in [5, 5.41) is 0. The van der Waals surface area contributed by atoms with E-state index in [2.05, 4.69) is 29.5 Å². The lowest BCUT2D eigenvalue weighted by molar-refractivity contribution is -0.145. The molecule has 14 heteroatoms. The monoisotopic (exact) mass is 824 g/mol. The third-order valence-electron chi connectivity index (χ3n) is 6.62. The number of unbranched alkanes of at least 4 members (excludes halogenated alkanes) is 6. The van der Waals surface area contributed by atoms with Crippen molar-refractivity contribution in [2.45, 2.75) is 64.7 Å². The van der Waals surface area contributed by atoms with E-state index in [0.717, 1.165) is 38.7 Å². The Kier molecular flexibility index (Phi) is 45.6. The second kappa shape index (κ2) is 45.8. The molecule has 0 aliphatic carbocycles. The highest BCUT2D eigenvalue weighted by Crippen LogP contribution is 2.04. The quantitative estimate of drug-likeness (QED) is 0.0366. The van der Waals surface area contributed by atoms with Crippen molar-refractivity contribution in [3.63, 3.8) is 0 Å². The molecule has 294 valence electrons. The fraction of sp³-hybridized carbons (Fsp3) is 0.971. The minimum absolute atomic E-state index is 0.151. The van der Waals surface area contributed by atoms with Gasteiger partial charge in [0.15, 0.2) is 0 Å². The highest BCUT2D eigenvalue weighted by molar-refractivity contribution is 14.1. The van der Waals surface area contributed by atoms with Crippen LogP contribution in [0.1, 0.15) is 64.7 Å². The van der Waals surface area contributed by atoms with Crippen LogP contribution in [0.25, 0.3) is 0 Å². The summed E-state index contributed by atoms with van der Waals surface area (Å²) in [5.41, 5.74) is 0. The van der Waals surface area contributed by atoms with Gasteiger partial charge in [-0.25, -0.2) is 0 Å². The first kappa shape index (κ1) is 48.8. The highest BCUT2D eigenvalue weighted by atomic mass is 127. The van der Waals surface area contributed by atoms with Crippen molar-refractivity contribution in [2.75, 3.05) is 156 Å². The van der Waals surface area contributed by atoms with Crippen molar-refractivity contribution in [1.29, 1.82) is 0 Å². The molecule has 0 radical (unpaired) electrons. The van der Waals surface area contributed by atoms with Crippen LogP contribution in [0.5, 0.6) is 0 Å². The van der Waals surface area contributed by atoms with Crippen molar-refractivity contribution in [2.24, 2.45) is 0 Å². The summed E-state index contributed by atoms with van der Waals surface area (Å²) in [6, 6.07) is 0. The molecule has 0 unspecified atom stereocenters. The summed E-state index contributed by atoms with van der Waals surface area (Å²) in [6.07, 6.45) is 9.73. The molecule has 0 spiro atoms. The molecule has 0 saturated heterocycles. The normalized spacial score (nSPS) is 11.5. The third-order valence-corrected chi connectivity index (χ3v) is 7.38. The van der Waals surface area contributed by atoms with Gasteiger partial charge in [-0.3, -0.25) is 4.79 Å². The zero-order chi connectivity index (χ0) is 35.4. The smallest absolute Gasteiger partial charge is 0.305 e. The highest BCUT2D eigenvalue weighted by Gasteiger charge is 2.02. The van der Waals surface area contributed by atoms with Crippen LogP contribution in [0.2, 0.25) is 0 Å². The molecule has 0 rings (SSSR count). The Bertz CT molecular complexity index is 622. The van der Waals surface area contributed by atoms with Crippen LogP contribution in [0.3, 0.4) is 0 Å². The van der Waals surface area contributed by atoms with Crippen LogP contribution >= 0.6 is 22.6 Å². The van der Waals surface area contributed by atoms with Crippen molar-refractivity contribution in [1.82, 2.24) is 0 Å². The molecule has 0 saturated carbocycles. The van der Waals surface area contributed by atoms with Crippen LogP contribution in [0.4, 0.5) is 0 Å². The second-order valence-electron chi connectivity index (χ2n) is 10.9. The van der Waals surface area contributed by atoms with E-state index in [1.807, 2.05) is 0 Å². The summed E-state index contributed by atoms with van der Waals surface area (Å²) in [7, 11) is 0. The Morgan fingerprint density at radius 1 is 0.347 bits per heavy atom. The molecular weight excluding hydrogens is 755 g/mol. The minimum atomic E-state index is -0.151. The number of carbonyl (C=O) groups excluding carboxylic acids is 1. The van der Waals surface area contributed by atoms with Crippen LogP contribution in [0, 0.1) is 0 Å². The van der Waals surface area contributed by atoms with E-state index in [4.69, 9.17) is 56.8 Å². The molecule has 0 heterocycles. The summed E-state index contributed by atoms with van der Waals surface area (Å²) in [4.78, 5) is 11.5. The molecule has 0 amide bonds. The van der Waals surface area contributed by atoms with Gasteiger partial charge in [0.1, 0.15) is 6.61 Å². The molecule has 0 aromatic rings. The average Bonchev–Trinajstić information content (AvgIpc) is 3.11. The molecule has 0 aliphatic heterocycles. The number of esters is 1. The number of alkyl halides is 1. The lowest BCUT2D eigenvalue weighted by Gasteiger charge is -2.09. The standard InChI is InChI=1S/C35H69IO13/c1-2-3-4-7-10-35(37)49-34-33-48-32-31-47-30-29-46-28-27-45-26-25-44-24-23-43-22-21-42-20-19-41-18-17-40-16-15-39-14-13-38-12-9-6-5-8-11-36/h2-34H2,1H3. The molecule has 0 atom stereocenters. The van der Waals surface area contributed by atoms with Crippen LogP contribution in [-0.2, 0) is 61.6 Å². The van der Waals surface area contributed by atoms with E-state index < -0.39 is 0 Å². The van der Waals surface area contributed by atoms with Gasteiger partial charge in [0.2, 0.25) is 0 Å². The lowest BCUT2D eigenvalue weighted by Crippen LogP contribution is -2.15. The van der Waals surface area contributed by atoms with Gasteiger partial charge >= 0.3 is 5.97 Å². The largest absolute Gasteiger partial charge is 0.463 e. The topological polar surface area (TPSA) is 128 Å². The van der Waals surface area contributed by atoms with Crippen molar-refractivity contribution < 1.29 is 61.6 Å². The average molecular weight is 825 g/mol. The predicted octanol–water partition coefficient (Wildman–Crippen LogP) is 4.68. The zero-order valence-electron chi connectivity index (χ0n) is 30.5. The number of rotatable bonds is 44. The van der Waals surface area contributed by atoms with Crippen LogP contribution in [0.15, 0.2) is 0 Å². The van der Waals surface area contributed by atoms with E-state index in [-0.39, 0.29) is 12.6 Å². The summed E-state index contributed by atoms with van der Waals surface area (Å²) < 4.78 is 66.7. The van der Waals surface area contributed by atoms with E-state index >= 15 is 0 Å². The molecule has 0 aromatic heterocycles. The van der Waals surface area contributed by atoms with E-state index in [0.29, 0.717) is 145 Å². The minimum Gasteiger partial charge on any atom is -0.463 e. The van der Waals surface area contributed by atoms with E-state index in [1.165, 1.54) is 23.7 Å². The van der Waals surface area contributed by atoms with Gasteiger partial charge < -0.3 is 56.8 Å². The first-order chi connectivity index (χ1) is 24.3. The lowest BCUT2D eigenvalue weighted by atomic mass is 10.2. The van der Waals surface area contributed by atoms with Gasteiger partial charge in [-0.2, -0.15) is 0 Å². The molecule has 0 N–H and O–H groups in total. The van der Waals surface area contributed by atoms with Crippen molar-refractivity contribution >= 4 is 28.6 Å². The number of ether oxygens (including phenoxy) is 12. The molecule has 49 heavy (non-hydrogen) atoms. The molecule has 13 nitrogen and oxygen atoms in total. The summed E-state index contributed by atoms with van der Waals surface area (Å²) in [5.74, 6) is -0.151. The summed E-state index contributed by atoms with van der Waals surface area (Å²) >= 11 is 2.42. The Labute approximate surface area is 310 Å². The molecule has 0 aliphatic rings. The molecule has 0 aromatic carbocycles. The predicted molar refractivity (Wildman–Crippen MR) is 196 cm³/mol. The Morgan fingerprint density at radius 2 is 0.633 bits per heavy atom. The van der Waals surface area contributed by atoms with Gasteiger partial charge in [0.25, 0.3) is 0 Å². The molecular formula is C35H69IO13. The van der Waals surface area contributed by atoms with E-state index in [1.54, 1.807) is 0 Å². The maximum Gasteiger partial charge on any atom is 0.305 e. The zero-order valence-corrected chi connectivity index (χ0v) is 32.7. The van der Waals surface area contributed by atoms with Crippen LogP contribution in [-0.4, -0.2) is 162 Å². The molecule has 0 fully saturated rings. The maximum atomic E-state index is 11.5. The van der Waals surface area contributed by atoms with Crippen molar-refractivity contribution in [3.05, 3.63) is 0 Å². The van der Waals surface area contributed by atoms with Gasteiger partial charge in [-0.05, 0) is 23.7 Å². The number of hydrogen-bond acceptors (Lipinski definition) is 13. The second-order valence-corrected chi connectivity index (χ2v) is 11.9. The Morgan fingerprint density at radius 3 is 0.959 bits per heavy atom. The maximum absolute atomic E-state index is 11.5. The fourth-order valence-electron chi connectivity index (χ4n) is 3.94. The van der Waals surface area contributed by atoms with Crippen molar-refractivity contribution in [3.8, 4) is 0 Å². The molecule has 0 bridgehead atoms.